The zero-order valence-corrected chi connectivity index (χ0v) is 14.2. The smallest absolute Gasteiger partial charge is 0.224 e. The van der Waals surface area contributed by atoms with E-state index in [0.29, 0.717) is 23.4 Å². The molecule has 23 heavy (non-hydrogen) atoms. The van der Waals surface area contributed by atoms with Crippen LogP contribution in [0.15, 0.2) is 24.3 Å². The molecule has 5 heteroatoms. The normalized spacial score (nSPS) is 23.1. The number of carbonyl (C=O) groups is 1. The number of hydrogen-bond donors (Lipinski definition) is 1. The van der Waals surface area contributed by atoms with E-state index in [1.54, 1.807) is 0 Å². The Morgan fingerprint density at radius 3 is 2.74 bits per heavy atom. The van der Waals surface area contributed by atoms with E-state index in [1.807, 2.05) is 24.3 Å². The van der Waals surface area contributed by atoms with Gasteiger partial charge < -0.3 is 10.1 Å². The molecule has 1 aromatic rings. The van der Waals surface area contributed by atoms with Crippen LogP contribution in [0.3, 0.4) is 0 Å². The molecule has 4 nitrogen and oxygen atoms in total. The Bertz CT molecular complexity index is 524. The lowest BCUT2D eigenvalue weighted by Crippen LogP contribution is -2.44. The van der Waals surface area contributed by atoms with Crippen LogP contribution in [0.5, 0.6) is 0 Å². The Morgan fingerprint density at radius 1 is 1.26 bits per heavy atom. The molecule has 0 saturated carbocycles. The van der Waals surface area contributed by atoms with Crippen molar-refractivity contribution < 1.29 is 9.53 Å². The van der Waals surface area contributed by atoms with Crippen LogP contribution in [0.4, 0.5) is 0 Å². The number of hydrogen-bond acceptors (Lipinski definition) is 3. The van der Waals surface area contributed by atoms with Crippen molar-refractivity contribution >= 4 is 17.5 Å². The van der Waals surface area contributed by atoms with Crippen LogP contribution >= 0.6 is 11.6 Å². The lowest BCUT2D eigenvalue weighted by molar-refractivity contribution is -0.120. The number of ether oxygens (including phenoxy) is 1. The molecule has 0 bridgehead atoms. The summed E-state index contributed by atoms with van der Waals surface area (Å²) in [6.45, 7) is 4.82. The maximum atomic E-state index is 12.1. The van der Waals surface area contributed by atoms with Gasteiger partial charge in [0.1, 0.15) is 0 Å². The highest BCUT2D eigenvalue weighted by atomic mass is 35.5. The van der Waals surface area contributed by atoms with Gasteiger partial charge in [-0.05, 0) is 49.9 Å². The number of likely N-dealkylation sites (tertiary alicyclic amines) is 1. The molecule has 126 valence electrons. The third-order valence-corrected chi connectivity index (χ3v) is 5.34. The van der Waals surface area contributed by atoms with Crippen molar-refractivity contribution in [3.8, 4) is 0 Å². The molecule has 0 spiro atoms. The molecule has 3 rings (SSSR count). The molecule has 0 aliphatic carbocycles. The van der Waals surface area contributed by atoms with Gasteiger partial charge >= 0.3 is 0 Å². The second-order valence-corrected chi connectivity index (χ2v) is 6.98. The van der Waals surface area contributed by atoms with Crippen molar-refractivity contribution in [3.05, 3.63) is 34.9 Å². The summed E-state index contributed by atoms with van der Waals surface area (Å²) in [6.07, 6.45) is 3.84. The number of halogens is 1. The van der Waals surface area contributed by atoms with E-state index in [-0.39, 0.29) is 5.91 Å². The Labute approximate surface area is 143 Å². The minimum absolute atomic E-state index is 0.0599. The standard InChI is InChI=1S/C18H25ClN2O2/c19-17-4-2-1-3-15(17)11-18(22)20-12-14-5-8-21(9-6-14)16-7-10-23-13-16/h1-4,14,16H,5-13H2,(H,20,22). The highest BCUT2D eigenvalue weighted by Crippen LogP contribution is 2.22. The fourth-order valence-corrected chi connectivity index (χ4v) is 3.67. The Morgan fingerprint density at radius 2 is 2.04 bits per heavy atom. The highest BCUT2D eigenvalue weighted by molar-refractivity contribution is 6.31. The van der Waals surface area contributed by atoms with Crippen molar-refractivity contribution in [2.75, 3.05) is 32.8 Å². The highest BCUT2D eigenvalue weighted by Gasteiger charge is 2.27. The quantitative estimate of drug-likeness (QED) is 0.898. The Balaban J connectivity index is 1.38. The SMILES string of the molecule is O=C(Cc1ccccc1Cl)NCC1CCN(C2CCOC2)CC1. The van der Waals surface area contributed by atoms with Gasteiger partial charge in [0.2, 0.25) is 5.91 Å². The Kier molecular flexibility index (Phi) is 5.92. The van der Waals surface area contributed by atoms with Gasteiger partial charge in [-0.15, -0.1) is 0 Å². The van der Waals surface area contributed by atoms with Crippen LogP contribution in [0.25, 0.3) is 0 Å². The maximum Gasteiger partial charge on any atom is 0.224 e. The number of carbonyl (C=O) groups excluding carboxylic acids is 1. The summed E-state index contributed by atoms with van der Waals surface area (Å²) in [7, 11) is 0. The molecular weight excluding hydrogens is 312 g/mol. The second kappa shape index (κ2) is 8.13. The van der Waals surface area contributed by atoms with Crippen LogP contribution in [0.1, 0.15) is 24.8 Å². The van der Waals surface area contributed by atoms with Crippen molar-refractivity contribution in [2.45, 2.75) is 31.7 Å². The largest absolute Gasteiger partial charge is 0.380 e. The van der Waals surface area contributed by atoms with E-state index in [2.05, 4.69) is 10.2 Å². The summed E-state index contributed by atoms with van der Waals surface area (Å²) >= 11 is 6.10. The number of nitrogens with zero attached hydrogens (tertiary/aromatic N) is 1. The van der Waals surface area contributed by atoms with Crippen LogP contribution in [0.2, 0.25) is 5.02 Å². The molecule has 2 saturated heterocycles. The van der Waals surface area contributed by atoms with E-state index in [1.165, 1.54) is 6.42 Å². The average molecular weight is 337 g/mol. The summed E-state index contributed by atoms with van der Waals surface area (Å²) in [5.41, 5.74) is 0.891. The first-order valence-electron chi connectivity index (χ1n) is 8.54. The van der Waals surface area contributed by atoms with Gasteiger partial charge in [0.15, 0.2) is 0 Å². The van der Waals surface area contributed by atoms with E-state index in [0.717, 1.165) is 51.3 Å². The molecule has 1 aromatic carbocycles. The number of rotatable bonds is 5. The first-order valence-corrected chi connectivity index (χ1v) is 8.92. The monoisotopic (exact) mass is 336 g/mol. The first-order chi connectivity index (χ1) is 11.2. The van der Waals surface area contributed by atoms with Gasteiger partial charge in [-0.25, -0.2) is 0 Å². The predicted octanol–water partition coefficient (Wildman–Crippen LogP) is 2.50. The predicted molar refractivity (Wildman–Crippen MR) is 91.7 cm³/mol. The molecule has 2 aliphatic heterocycles. The molecule has 1 unspecified atom stereocenters. The number of nitrogens with one attached hydrogen (secondary N) is 1. The topological polar surface area (TPSA) is 41.6 Å². The zero-order valence-electron chi connectivity index (χ0n) is 13.5. The van der Waals surface area contributed by atoms with Gasteiger partial charge in [0.05, 0.1) is 13.0 Å². The fourth-order valence-electron chi connectivity index (χ4n) is 3.47. The molecule has 2 fully saturated rings. The van der Waals surface area contributed by atoms with E-state index in [4.69, 9.17) is 16.3 Å². The number of amides is 1. The molecular formula is C18H25ClN2O2. The zero-order chi connectivity index (χ0) is 16.1. The van der Waals surface area contributed by atoms with E-state index in [9.17, 15) is 4.79 Å². The Hall–Kier alpha value is -1.10. The second-order valence-electron chi connectivity index (χ2n) is 6.57. The van der Waals surface area contributed by atoms with Crippen LogP contribution in [-0.2, 0) is 16.0 Å². The lowest BCUT2D eigenvalue weighted by atomic mass is 9.95. The van der Waals surface area contributed by atoms with E-state index < -0.39 is 0 Å². The average Bonchev–Trinajstić information content (AvgIpc) is 3.10. The summed E-state index contributed by atoms with van der Waals surface area (Å²) in [6, 6.07) is 8.14. The minimum atomic E-state index is 0.0599. The van der Waals surface area contributed by atoms with Gasteiger partial charge in [0.25, 0.3) is 0 Å². The van der Waals surface area contributed by atoms with Crippen LogP contribution in [-0.4, -0.2) is 49.7 Å². The third-order valence-electron chi connectivity index (χ3n) is 4.97. The molecule has 0 aromatic heterocycles. The summed E-state index contributed by atoms with van der Waals surface area (Å²) in [4.78, 5) is 14.6. The summed E-state index contributed by atoms with van der Waals surface area (Å²) in [5, 5.41) is 3.73. The molecule has 1 atom stereocenters. The first kappa shape index (κ1) is 16.7. The van der Waals surface area contributed by atoms with Gasteiger partial charge in [0, 0.05) is 24.2 Å². The number of benzene rings is 1. The molecule has 2 aliphatic rings. The number of piperidine rings is 1. The van der Waals surface area contributed by atoms with Crippen molar-refractivity contribution in [1.29, 1.82) is 0 Å². The lowest BCUT2D eigenvalue weighted by Gasteiger charge is -2.35. The maximum absolute atomic E-state index is 12.1. The van der Waals surface area contributed by atoms with Crippen molar-refractivity contribution in [2.24, 2.45) is 5.92 Å². The van der Waals surface area contributed by atoms with Crippen LogP contribution in [0, 0.1) is 5.92 Å². The van der Waals surface area contributed by atoms with E-state index >= 15 is 0 Å². The van der Waals surface area contributed by atoms with Gasteiger partial charge in [-0.2, -0.15) is 0 Å². The molecule has 1 N–H and O–H groups in total. The van der Waals surface area contributed by atoms with Crippen LogP contribution < -0.4 is 5.32 Å². The molecule has 1 amide bonds. The third kappa shape index (κ3) is 4.69. The minimum Gasteiger partial charge on any atom is -0.380 e. The fraction of sp³-hybridized carbons (Fsp3) is 0.611. The molecule has 2 heterocycles. The van der Waals surface area contributed by atoms with Gasteiger partial charge in [-0.1, -0.05) is 29.8 Å². The summed E-state index contributed by atoms with van der Waals surface area (Å²) < 4.78 is 5.47. The van der Waals surface area contributed by atoms with Gasteiger partial charge in [-0.3, -0.25) is 9.69 Å². The van der Waals surface area contributed by atoms with Crippen molar-refractivity contribution in [1.82, 2.24) is 10.2 Å². The summed E-state index contributed by atoms with van der Waals surface area (Å²) in [5.74, 6) is 0.647. The van der Waals surface area contributed by atoms with Crippen molar-refractivity contribution in [3.63, 3.8) is 0 Å². The molecule has 0 radical (unpaired) electrons.